The lowest BCUT2D eigenvalue weighted by molar-refractivity contribution is 0.282. The fourth-order valence-corrected chi connectivity index (χ4v) is 3.10. The number of aliphatic hydroxyl groups excluding tert-OH is 1. The highest BCUT2D eigenvalue weighted by Crippen LogP contribution is 2.21. The van der Waals surface area contributed by atoms with Crippen LogP contribution >= 0.6 is 11.6 Å². The lowest BCUT2D eigenvalue weighted by Gasteiger charge is -2.09. The number of sulfonamides is 1. The van der Waals surface area contributed by atoms with Gasteiger partial charge in [-0.25, -0.2) is 13.1 Å². The van der Waals surface area contributed by atoms with Crippen molar-refractivity contribution in [1.29, 1.82) is 0 Å². The normalized spacial score (nSPS) is 11.6. The van der Waals surface area contributed by atoms with Gasteiger partial charge < -0.3 is 5.11 Å². The summed E-state index contributed by atoms with van der Waals surface area (Å²) >= 11 is 5.92. The molecule has 0 saturated carbocycles. The summed E-state index contributed by atoms with van der Waals surface area (Å²) in [4.78, 5) is 4.03. The van der Waals surface area contributed by atoms with Crippen LogP contribution in [0.1, 0.15) is 16.7 Å². The second kappa shape index (κ2) is 6.53. The van der Waals surface area contributed by atoms with Crippen molar-refractivity contribution < 1.29 is 13.5 Å². The van der Waals surface area contributed by atoms with Crippen molar-refractivity contribution in [2.75, 3.05) is 0 Å². The molecule has 0 saturated heterocycles. The van der Waals surface area contributed by atoms with Crippen LogP contribution in [0.15, 0.2) is 41.6 Å². The van der Waals surface area contributed by atoms with E-state index in [-0.39, 0.29) is 23.1 Å². The van der Waals surface area contributed by atoms with Crippen LogP contribution in [0.2, 0.25) is 5.02 Å². The Kier molecular flexibility index (Phi) is 4.95. The van der Waals surface area contributed by atoms with E-state index in [0.29, 0.717) is 5.56 Å². The first kappa shape index (κ1) is 15.9. The van der Waals surface area contributed by atoms with E-state index in [1.807, 2.05) is 13.0 Å². The van der Waals surface area contributed by atoms with Gasteiger partial charge in [-0.15, -0.1) is 0 Å². The summed E-state index contributed by atoms with van der Waals surface area (Å²) in [6.45, 7) is 1.81. The van der Waals surface area contributed by atoms with Crippen molar-refractivity contribution in [2.45, 2.75) is 25.0 Å². The molecule has 2 N–H and O–H groups in total. The summed E-state index contributed by atoms with van der Waals surface area (Å²) in [5.74, 6) is 0. The SMILES string of the molecule is Cc1ccncc1CNS(=O)(=O)c1ccc(CO)c(Cl)c1. The van der Waals surface area contributed by atoms with Crippen molar-refractivity contribution >= 4 is 21.6 Å². The summed E-state index contributed by atoms with van der Waals surface area (Å²) in [6.07, 6.45) is 3.28. The third kappa shape index (κ3) is 3.79. The molecule has 0 amide bonds. The topological polar surface area (TPSA) is 79.3 Å². The molecule has 112 valence electrons. The minimum Gasteiger partial charge on any atom is -0.392 e. The molecule has 1 aromatic carbocycles. The Balaban J connectivity index is 2.19. The van der Waals surface area contributed by atoms with Crippen LogP contribution in [-0.2, 0) is 23.2 Å². The highest BCUT2D eigenvalue weighted by Gasteiger charge is 2.15. The first-order valence-electron chi connectivity index (χ1n) is 6.22. The largest absolute Gasteiger partial charge is 0.392 e. The number of hydrogen-bond acceptors (Lipinski definition) is 4. The van der Waals surface area contributed by atoms with Gasteiger partial charge in [0.05, 0.1) is 11.5 Å². The first-order chi connectivity index (χ1) is 9.94. The zero-order valence-corrected chi connectivity index (χ0v) is 12.9. The maximum Gasteiger partial charge on any atom is 0.240 e. The Hall–Kier alpha value is -1.47. The van der Waals surface area contributed by atoms with Crippen LogP contribution in [-0.4, -0.2) is 18.5 Å². The molecule has 2 aromatic rings. The smallest absolute Gasteiger partial charge is 0.240 e. The second-order valence-electron chi connectivity index (χ2n) is 4.54. The molecule has 1 heterocycles. The van der Waals surface area contributed by atoms with Gasteiger partial charge in [0.15, 0.2) is 0 Å². The average Bonchev–Trinajstić information content (AvgIpc) is 2.46. The number of halogens is 1. The van der Waals surface area contributed by atoms with E-state index in [4.69, 9.17) is 16.7 Å². The van der Waals surface area contributed by atoms with Crippen LogP contribution in [0, 0.1) is 6.92 Å². The van der Waals surface area contributed by atoms with E-state index < -0.39 is 10.0 Å². The van der Waals surface area contributed by atoms with E-state index >= 15 is 0 Å². The Bertz CT molecular complexity index is 748. The van der Waals surface area contributed by atoms with Crippen molar-refractivity contribution in [2.24, 2.45) is 0 Å². The Morgan fingerprint density at radius 2 is 2.05 bits per heavy atom. The maximum absolute atomic E-state index is 12.2. The van der Waals surface area contributed by atoms with E-state index in [1.165, 1.54) is 18.2 Å². The van der Waals surface area contributed by atoms with Crippen molar-refractivity contribution in [1.82, 2.24) is 9.71 Å². The Morgan fingerprint density at radius 1 is 1.29 bits per heavy atom. The summed E-state index contributed by atoms with van der Waals surface area (Å²) in [5, 5.41) is 9.26. The highest BCUT2D eigenvalue weighted by atomic mass is 35.5. The minimum absolute atomic E-state index is 0.0613. The van der Waals surface area contributed by atoms with Gasteiger partial charge in [0, 0.05) is 24.0 Å². The zero-order valence-electron chi connectivity index (χ0n) is 11.4. The number of aryl methyl sites for hydroxylation is 1. The van der Waals surface area contributed by atoms with Gasteiger partial charge in [-0.1, -0.05) is 17.7 Å². The predicted octanol–water partition coefficient (Wildman–Crippen LogP) is 2.01. The number of nitrogens with zero attached hydrogens (tertiary/aromatic N) is 1. The third-order valence-electron chi connectivity index (χ3n) is 3.11. The highest BCUT2D eigenvalue weighted by molar-refractivity contribution is 7.89. The van der Waals surface area contributed by atoms with Gasteiger partial charge in [0.2, 0.25) is 10.0 Å². The summed E-state index contributed by atoms with van der Waals surface area (Å²) in [7, 11) is -3.67. The monoisotopic (exact) mass is 326 g/mol. The van der Waals surface area contributed by atoms with Crippen LogP contribution < -0.4 is 4.72 Å². The second-order valence-corrected chi connectivity index (χ2v) is 6.71. The number of benzene rings is 1. The molecule has 0 aliphatic carbocycles. The first-order valence-corrected chi connectivity index (χ1v) is 8.08. The van der Waals surface area contributed by atoms with Crippen molar-refractivity contribution in [3.8, 4) is 0 Å². The zero-order chi connectivity index (χ0) is 15.5. The lowest BCUT2D eigenvalue weighted by Crippen LogP contribution is -2.23. The van der Waals surface area contributed by atoms with E-state index in [0.717, 1.165) is 11.1 Å². The molecule has 0 spiro atoms. The van der Waals surface area contributed by atoms with Gasteiger partial charge in [-0.3, -0.25) is 4.98 Å². The van der Waals surface area contributed by atoms with Gasteiger partial charge in [-0.2, -0.15) is 0 Å². The molecular formula is C14H15ClN2O3S. The molecular weight excluding hydrogens is 312 g/mol. The van der Waals surface area contributed by atoms with Crippen molar-refractivity contribution in [3.05, 3.63) is 58.4 Å². The maximum atomic E-state index is 12.2. The number of aliphatic hydroxyl groups is 1. The quantitative estimate of drug-likeness (QED) is 0.881. The number of aromatic nitrogens is 1. The average molecular weight is 327 g/mol. The van der Waals surface area contributed by atoms with Crippen LogP contribution in [0.5, 0.6) is 0 Å². The lowest BCUT2D eigenvalue weighted by atomic mass is 10.2. The van der Waals surface area contributed by atoms with Gasteiger partial charge in [0.25, 0.3) is 0 Å². The molecule has 0 bridgehead atoms. The molecule has 5 nitrogen and oxygen atoms in total. The standard InChI is InChI=1S/C14H15ClN2O3S/c1-10-4-5-16-7-12(10)8-17-21(19,20)13-3-2-11(9-18)14(15)6-13/h2-7,17-18H,8-9H2,1H3. The summed E-state index contributed by atoms with van der Waals surface area (Å²) < 4.78 is 26.9. The molecule has 0 unspecified atom stereocenters. The molecule has 1 aromatic heterocycles. The summed E-state index contributed by atoms with van der Waals surface area (Å²) in [5.41, 5.74) is 2.25. The van der Waals surface area contributed by atoms with Gasteiger partial charge >= 0.3 is 0 Å². The molecule has 0 atom stereocenters. The third-order valence-corrected chi connectivity index (χ3v) is 4.86. The van der Waals surface area contributed by atoms with Gasteiger partial charge in [0.1, 0.15) is 0 Å². The molecule has 2 rings (SSSR count). The molecule has 21 heavy (non-hydrogen) atoms. The number of nitrogens with one attached hydrogen (secondary N) is 1. The Morgan fingerprint density at radius 3 is 2.67 bits per heavy atom. The van der Waals surface area contributed by atoms with Gasteiger partial charge in [-0.05, 0) is 41.8 Å². The Labute approximate surface area is 128 Å². The van der Waals surface area contributed by atoms with E-state index in [9.17, 15) is 8.42 Å². The van der Waals surface area contributed by atoms with Crippen LogP contribution in [0.25, 0.3) is 0 Å². The van der Waals surface area contributed by atoms with E-state index in [2.05, 4.69) is 9.71 Å². The van der Waals surface area contributed by atoms with Crippen LogP contribution in [0.3, 0.4) is 0 Å². The van der Waals surface area contributed by atoms with Crippen molar-refractivity contribution in [3.63, 3.8) is 0 Å². The fraction of sp³-hybridized carbons (Fsp3) is 0.214. The summed E-state index contributed by atoms with van der Waals surface area (Å²) in [6, 6.07) is 6.05. The molecule has 0 aliphatic heterocycles. The molecule has 0 radical (unpaired) electrons. The molecule has 7 heteroatoms. The molecule has 0 fully saturated rings. The minimum atomic E-state index is -3.67. The number of pyridine rings is 1. The number of hydrogen-bond donors (Lipinski definition) is 2. The van der Waals surface area contributed by atoms with E-state index in [1.54, 1.807) is 12.4 Å². The fourth-order valence-electron chi connectivity index (χ4n) is 1.76. The predicted molar refractivity (Wildman–Crippen MR) is 80.4 cm³/mol. The molecule has 0 aliphatic rings. The van der Waals surface area contributed by atoms with Crippen LogP contribution in [0.4, 0.5) is 0 Å². The number of rotatable bonds is 5.